The molecule has 0 aromatic carbocycles. The van der Waals surface area contributed by atoms with Crippen LogP contribution in [0.3, 0.4) is 0 Å². The zero-order valence-electron chi connectivity index (χ0n) is 55.1. The van der Waals surface area contributed by atoms with Gasteiger partial charge in [0.15, 0.2) is 6.29 Å². The number of aliphatic hydroxyl groups is 5. The van der Waals surface area contributed by atoms with E-state index in [9.17, 15) is 35.1 Å². The number of amides is 1. The number of carbonyl (C=O) groups excluding carboxylic acids is 2. The minimum Gasteiger partial charge on any atom is -0.466 e. The molecule has 0 radical (unpaired) electrons. The Hall–Kier alpha value is -1.86. The van der Waals surface area contributed by atoms with E-state index in [-0.39, 0.29) is 18.5 Å². The molecule has 84 heavy (non-hydrogen) atoms. The number of ether oxygens (including phenoxy) is 3. The first-order chi connectivity index (χ1) is 41.2. The summed E-state index contributed by atoms with van der Waals surface area (Å²) in [4.78, 5) is 25.1. The molecule has 0 spiro atoms. The van der Waals surface area contributed by atoms with Crippen molar-refractivity contribution < 1.29 is 49.3 Å². The summed E-state index contributed by atoms with van der Waals surface area (Å²) in [6.45, 7) is 4.35. The molecule has 0 bridgehead atoms. The van der Waals surface area contributed by atoms with Crippen LogP contribution < -0.4 is 5.32 Å². The average molecular weight is 1190 g/mol. The standard InChI is InChI=1S/C73H139NO10/c1-3-5-7-9-11-13-14-15-16-17-28-32-35-38-41-45-49-53-57-61-69(78)82-62-58-54-50-46-42-39-36-33-30-27-25-23-21-19-18-20-22-24-26-29-31-34-37-40-44-48-52-56-60-68(77)74-65(66(76)59-55-51-47-43-12-10-8-6-4-2)64-83-73-72(81)71(80)70(79)67(63-75)84-73/h15-16,55,59,65-67,70-73,75-76,79-81H,3-14,17-54,56-58,60-64H2,1-2H3,(H,74,77)/b16-15-,59-55+. The normalized spacial score (nSPS) is 18.1. The Balaban J connectivity index is 1.88. The second kappa shape index (κ2) is 62.7. The summed E-state index contributed by atoms with van der Waals surface area (Å²) in [6, 6.07) is -0.806. The van der Waals surface area contributed by atoms with Gasteiger partial charge in [-0.25, -0.2) is 0 Å². The van der Waals surface area contributed by atoms with E-state index in [2.05, 4.69) is 31.3 Å². The maximum absolute atomic E-state index is 13.0. The van der Waals surface area contributed by atoms with Crippen LogP contribution in [0.4, 0.5) is 0 Å². The fourth-order valence-electron chi connectivity index (χ4n) is 11.8. The summed E-state index contributed by atoms with van der Waals surface area (Å²) < 4.78 is 16.7. The highest BCUT2D eigenvalue weighted by Gasteiger charge is 2.44. The Morgan fingerprint density at radius 1 is 0.429 bits per heavy atom. The topological polar surface area (TPSA) is 175 Å². The average Bonchev–Trinajstić information content (AvgIpc) is 3.55. The van der Waals surface area contributed by atoms with E-state index < -0.39 is 49.5 Å². The van der Waals surface area contributed by atoms with Crippen molar-refractivity contribution in [2.24, 2.45) is 0 Å². The summed E-state index contributed by atoms with van der Waals surface area (Å²) >= 11 is 0. The van der Waals surface area contributed by atoms with Crippen molar-refractivity contribution in [2.75, 3.05) is 19.8 Å². The Kier molecular flexibility index (Phi) is 59.9. The van der Waals surface area contributed by atoms with Crippen LogP contribution in [0.25, 0.3) is 0 Å². The number of hydrogen-bond donors (Lipinski definition) is 6. The minimum absolute atomic E-state index is 0.00993. The van der Waals surface area contributed by atoms with E-state index in [4.69, 9.17) is 14.2 Å². The predicted octanol–water partition coefficient (Wildman–Crippen LogP) is 18.8. The Morgan fingerprint density at radius 3 is 1.14 bits per heavy atom. The van der Waals surface area contributed by atoms with Crippen LogP contribution in [0.5, 0.6) is 0 Å². The predicted molar refractivity (Wildman–Crippen MR) is 352 cm³/mol. The van der Waals surface area contributed by atoms with Gasteiger partial charge in [0.05, 0.1) is 32.0 Å². The molecule has 1 fully saturated rings. The molecule has 1 saturated heterocycles. The number of hydrogen-bond acceptors (Lipinski definition) is 10. The molecule has 0 aromatic rings. The lowest BCUT2D eigenvalue weighted by Crippen LogP contribution is -2.60. The van der Waals surface area contributed by atoms with Crippen LogP contribution in [-0.2, 0) is 23.8 Å². The second-order valence-corrected chi connectivity index (χ2v) is 25.7. The summed E-state index contributed by atoms with van der Waals surface area (Å²) in [5.74, 6) is -0.169. The second-order valence-electron chi connectivity index (χ2n) is 25.7. The third kappa shape index (κ3) is 51.1. The summed E-state index contributed by atoms with van der Waals surface area (Å²) in [5, 5.41) is 54.3. The molecule has 1 rings (SSSR count). The van der Waals surface area contributed by atoms with Gasteiger partial charge in [-0.15, -0.1) is 0 Å². The molecule has 496 valence electrons. The largest absolute Gasteiger partial charge is 0.466 e. The highest BCUT2D eigenvalue weighted by molar-refractivity contribution is 5.76. The lowest BCUT2D eigenvalue weighted by Gasteiger charge is -2.40. The van der Waals surface area contributed by atoms with Crippen LogP contribution in [0.15, 0.2) is 24.3 Å². The highest BCUT2D eigenvalue weighted by Crippen LogP contribution is 2.23. The van der Waals surface area contributed by atoms with Gasteiger partial charge in [0, 0.05) is 12.8 Å². The quantitative estimate of drug-likeness (QED) is 0.0195. The molecule has 1 amide bonds. The molecule has 7 unspecified atom stereocenters. The number of rotatable bonds is 65. The summed E-state index contributed by atoms with van der Waals surface area (Å²) in [5.41, 5.74) is 0. The molecule has 0 aromatic heterocycles. The molecule has 0 saturated carbocycles. The van der Waals surface area contributed by atoms with Crippen LogP contribution in [0.2, 0.25) is 0 Å². The van der Waals surface area contributed by atoms with E-state index in [0.717, 1.165) is 57.8 Å². The van der Waals surface area contributed by atoms with Crippen molar-refractivity contribution in [2.45, 2.75) is 410 Å². The zero-order valence-corrected chi connectivity index (χ0v) is 55.1. The summed E-state index contributed by atoms with van der Waals surface area (Å²) in [6.07, 6.45) is 69.1. The van der Waals surface area contributed by atoms with E-state index in [1.807, 2.05) is 6.08 Å². The lowest BCUT2D eigenvalue weighted by atomic mass is 9.99. The van der Waals surface area contributed by atoms with Crippen molar-refractivity contribution in [3.05, 3.63) is 24.3 Å². The first-order valence-electron chi connectivity index (χ1n) is 36.6. The van der Waals surface area contributed by atoms with E-state index >= 15 is 0 Å². The number of esters is 1. The number of unbranched alkanes of at least 4 members (excludes halogenated alkanes) is 49. The smallest absolute Gasteiger partial charge is 0.305 e. The molecule has 11 nitrogen and oxygen atoms in total. The van der Waals surface area contributed by atoms with Gasteiger partial charge in [0.1, 0.15) is 24.4 Å². The number of nitrogens with one attached hydrogen (secondary N) is 1. The first-order valence-corrected chi connectivity index (χ1v) is 36.6. The minimum atomic E-state index is -1.57. The first kappa shape index (κ1) is 80.2. The third-order valence-electron chi connectivity index (χ3n) is 17.6. The monoisotopic (exact) mass is 1190 g/mol. The zero-order chi connectivity index (χ0) is 60.9. The molecule has 1 heterocycles. The van der Waals surface area contributed by atoms with Crippen molar-refractivity contribution in [3.8, 4) is 0 Å². The van der Waals surface area contributed by atoms with Crippen molar-refractivity contribution in [1.82, 2.24) is 5.32 Å². The molecule has 1 aliphatic heterocycles. The van der Waals surface area contributed by atoms with Crippen LogP contribution >= 0.6 is 0 Å². The number of allylic oxidation sites excluding steroid dienone is 3. The van der Waals surface area contributed by atoms with Crippen LogP contribution in [0, 0.1) is 0 Å². The molecule has 1 aliphatic rings. The van der Waals surface area contributed by atoms with Gasteiger partial charge in [-0.1, -0.05) is 321 Å². The van der Waals surface area contributed by atoms with Gasteiger partial charge in [0.2, 0.25) is 5.91 Å². The van der Waals surface area contributed by atoms with Crippen molar-refractivity contribution in [3.63, 3.8) is 0 Å². The Bertz CT molecular complexity index is 1440. The highest BCUT2D eigenvalue weighted by atomic mass is 16.7. The Morgan fingerprint density at radius 2 is 0.762 bits per heavy atom. The van der Waals surface area contributed by atoms with Crippen LogP contribution in [0.1, 0.15) is 367 Å². The van der Waals surface area contributed by atoms with Gasteiger partial charge in [-0.2, -0.15) is 0 Å². The van der Waals surface area contributed by atoms with E-state index in [0.29, 0.717) is 19.4 Å². The maximum atomic E-state index is 13.0. The molecule has 7 atom stereocenters. The lowest BCUT2D eigenvalue weighted by molar-refractivity contribution is -0.302. The maximum Gasteiger partial charge on any atom is 0.305 e. The van der Waals surface area contributed by atoms with Gasteiger partial charge in [0.25, 0.3) is 0 Å². The molecule has 0 aliphatic carbocycles. The summed E-state index contributed by atoms with van der Waals surface area (Å²) in [7, 11) is 0. The van der Waals surface area contributed by atoms with Crippen LogP contribution in [-0.4, -0.2) is 100 Å². The molecular formula is C73H139NO10. The van der Waals surface area contributed by atoms with Gasteiger partial charge < -0.3 is 45.1 Å². The number of carbonyl (C=O) groups is 2. The van der Waals surface area contributed by atoms with Gasteiger partial charge in [-0.05, 0) is 57.8 Å². The Labute approximate surface area is 518 Å². The van der Waals surface area contributed by atoms with Gasteiger partial charge >= 0.3 is 5.97 Å². The third-order valence-corrected chi connectivity index (χ3v) is 17.6. The van der Waals surface area contributed by atoms with Crippen molar-refractivity contribution in [1.29, 1.82) is 0 Å². The fourth-order valence-corrected chi connectivity index (χ4v) is 11.8. The molecule has 6 N–H and O–H groups in total. The van der Waals surface area contributed by atoms with E-state index in [1.165, 1.54) is 283 Å². The molecule has 11 heteroatoms. The van der Waals surface area contributed by atoms with E-state index in [1.54, 1.807) is 6.08 Å². The number of aliphatic hydroxyl groups excluding tert-OH is 5. The van der Waals surface area contributed by atoms with Gasteiger partial charge in [-0.3, -0.25) is 9.59 Å². The molecular weight excluding hydrogens is 1050 g/mol. The SMILES string of the molecule is CCCCCCCC/C=C\CCCCCCCCCCCC(=O)OCCCCCCCCCCCCCCCCCCCCCCCCCCCCCCC(=O)NC(COC1OC(CO)C(O)C(O)C1O)C(O)/C=C/CCCCCCCCC. The van der Waals surface area contributed by atoms with Crippen molar-refractivity contribution >= 4 is 11.9 Å². The fraction of sp³-hybridized carbons (Fsp3) is 0.918.